The zero-order valence-corrected chi connectivity index (χ0v) is 6.21. The van der Waals surface area contributed by atoms with Gasteiger partial charge in [-0.1, -0.05) is 0 Å². The Morgan fingerprint density at radius 2 is 2.45 bits per heavy atom. The van der Waals surface area contributed by atoms with Crippen molar-refractivity contribution < 1.29 is 4.52 Å². The molecule has 0 aliphatic heterocycles. The largest absolute Gasteiger partial charge is 0.365 e. The van der Waals surface area contributed by atoms with Crippen LogP contribution < -0.4 is 5.73 Å². The number of anilines is 1. The molecule has 6 heteroatoms. The second kappa shape index (κ2) is 2.31. The van der Waals surface area contributed by atoms with Gasteiger partial charge in [0.15, 0.2) is 0 Å². The molecule has 2 rings (SSSR count). The zero-order valence-electron chi connectivity index (χ0n) is 5.39. The number of aromatic nitrogens is 3. The first kappa shape index (κ1) is 6.29. The summed E-state index contributed by atoms with van der Waals surface area (Å²) in [5, 5.41) is 3.44. The predicted molar refractivity (Wildman–Crippen MR) is 39.8 cm³/mol. The lowest BCUT2D eigenvalue weighted by molar-refractivity contribution is 0.434. The van der Waals surface area contributed by atoms with Gasteiger partial charge in [0.05, 0.1) is 11.7 Å². The van der Waals surface area contributed by atoms with Crippen LogP contribution in [0.5, 0.6) is 0 Å². The van der Waals surface area contributed by atoms with Gasteiger partial charge in [-0.3, -0.25) is 4.98 Å². The van der Waals surface area contributed by atoms with Crippen molar-refractivity contribution in [2.24, 2.45) is 0 Å². The van der Waals surface area contributed by atoms with Gasteiger partial charge in [-0.05, 0) is 5.16 Å². The summed E-state index contributed by atoms with van der Waals surface area (Å²) >= 11 is 1.43. The van der Waals surface area contributed by atoms with E-state index in [9.17, 15) is 0 Å². The molecule has 0 bridgehead atoms. The number of nitrogens with two attached hydrogens (primary N) is 1. The highest BCUT2D eigenvalue weighted by Gasteiger charge is 2.06. The molecule has 0 aromatic carbocycles. The first-order chi connectivity index (χ1) is 5.36. The summed E-state index contributed by atoms with van der Waals surface area (Å²) < 4.78 is 4.79. The van der Waals surface area contributed by atoms with E-state index >= 15 is 0 Å². The Morgan fingerprint density at radius 1 is 1.55 bits per heavy atom. The van der Waals surface area contributed by atoms with Crippen LogP contribution in [0.4, 0.5) is 5.95 Å². The summed E-state index contributed by atoms with van der Waals surface area (Å²) in [4.78, 5) is 8.51. The SMILES string of the molecule is Nc1noc(-c2cncs2)n1. The van der Waals surface area contributed by atoms with E-state index in [-0.39, 0.29) is 5.95 Å². The lowest BCUT2D eigenvalue weighted by Gasteiger charge is -1.79. The highest BCUT2D eigenvalue weighted by Crippen LogP contribution is 2.20. The molecule has 2 aromatic rings. The lowest BCUT2D eigenvalue weighted by Crippen LogP contribution is -1.84. The molecule has 5 nitrogen and oxygen atoms in total. The van der Waals surface area contributed by atoms with Gasteiger partial charge in [0, 0.05) is 0 Å². The molecule has 0 radical (unpaired) electrons. The van der Waals surface area contributed by atoms with Crippen molar-refractivity contribution in [3.05, 3.63) is 11.7 Å². The highest BCUT2D eigenvalue weighted by molar-refractivity contribution is 7.13. The van der Waals surface area contributed by atoms with Gasteiger partial charge < -0.3 is 10.3 Å². The van der Waals surface area contributed by atoms with Gasteiger partial charge in [0.1, 0.15) is 4.88 Å². The Labute approximate surface area is 65.9 Å². The first-order valence-electron chi connectivity index (χ1n) is 2.84. The predicted octanol–water partition coefficient (Wildman–Crippen LogP) is 0.775. The summed E-state index contributed by atoms with van der Waals surface area (Å²) in [6.45, 7) is 0. The molecule has 0 unspecified atom stereocenters. The summed E-state index contributed by atoms with van der Waals surface area (Å²) in [6, 6.07) is 0. The van der Waals surface area contributed by atoms with E-state index in [2.05, 4.69) is 15.1 Å². The molecular weight excluding hydrogens is 164 g/mol. The van der Waals surface area contributed by atoms with Crippen LogP contribution in [0.15, 0.2) is 16.2 Å². The van der Waals surface area contributed by atoms with E-state index in [1.54, 1.807) is 11.7 Å². The van der Waals surface area contributed by atoms with Crippen molar-refractivity contribution in [1.82, 2.24) is 15.1 Å². The van der Waals surface area contributed by atoms with Crippen molar-refractivity contribution in [3.8, 4) is 10.8 Å². The topological polar surface area (TPSA) is 77.8 Å². The average molecular weight is 168 g/mol. The monoisotopic (exact) mass is 168 g/mol. The second-order valence-corrected chi connectivity index (χ2v) is 2.71. The van der Waals surface area contributed by atoms with Gasteiger partial charge in [0.2, 0.25) is 0 Å². The third kappa shape index (κ3) is 1.07. The van der Waals surface area contributed by atoms with Crippen molar-refractivity contribution in [1.29, 1.82) is 0 Å². The minimum atomic E-state index is 0.147. The fourth-order valence-electron chi connectivity index (χ4n) is 0.656. The number of nitrogens with zero attached hydrogens (tertiary/aromatic N) is 3. The molecule has 2 heterocycles. The third-order valence-corrected chi connectivity index (χ3v) is 1.85. The molecule has 2 N–H and O–H groups in total. The van der Waals surface area contributed by atoms with E-state index in [0.717, 1.165) is 4.88 Å². The summed E-state index contributed by atoms with van der Waals surface area (Å²) in [7, 11) is 0. The molecule has 0 aliphatic carbocycles. The molecule has 0 amide bonds. The van der Waals surface area contributed by atoms with Crippen LogP contribution in [0.1, 0.15) is 0 Å². The van der Waals surface area contributed by atoms with Gasteiger partial charge in [-0.15, -0.1) is 11.3 Å². The summed E-state index contributed by atoms with van der Waals surface area (Å²) in [5.41, 5.74) is 6.94. The Hall–Kier alpha value is -1.43. The number of hydrogen-bond donors (Lipinski definition) is 1. The Balaban J connectivity index is 2.45. The molecule has 0 atom stereocenters. The standard InChI is InChI=1S/C5H4N4OS/c6-5-8-4(10-9-5)3-1-7-2-11-3/h1-2H,(H2,6,9). The highest BCUT2D eigenvalue weighted by atomic mass is 32.1. The van der Waals surface area contributed by atoms with Gasteiger partial charge in [-0.25, -0.2) is 0 Å². The van der Waals surface area contributed by atoms with Gasteiger partial charge in [0.25, 0.3) is 11.8 Å². The van der Waals surface area contributed by atoms with Crippen LogP contribution >= 0.6 is 11.3 Å². The Morgan fingerprint density at radius 3 is 3.00 bits per heavy atom. The lowest BCUT2D eigenvalue weighted by atomic mass is 10.5. The number of rotatable bonds is 1. The number of nitrogen functional groups attached to an aromatic ring is 1. The molecule has 56 valence electrons. The molecule has 0 aliphatic rings. The molecule has 11 heavy (non-hydrogen) atoms. The zero-order chi connectivity index (χ0) is 7.68. The van der Waals surface area contributed by atoms with Crippen molar-refractivity contribution in [2.45, 2.75) is 0 Å². The van der Waals surface area contributed by atoms with Crippen LogP contribution in [0.3, 0.4) is 0 Å². The minimum Gasteiger partial charge on any atom is -0.365 e. The van der Waals surface area contributed by atoms with Crippen LogP contribution in [-0.4, -0.2) is 15.1 Å². The van der Waals surface area contributed by atoms with Crippen molar-refractivity contribution in [3.63, 3.8) is 0 Å². The maximum Gasteiger partial charge on any atom is 0.271 e. The van der Waals surface area contributed by atoms with Crippen LogP contribution in [0, 0.1) is 0 Å². The third-order valence-electron chi connectivity index (χ3n) is 1.08. The van der Waals surface area contributed by atoms with Crippen molar-refractivity contribution >= 4 is 17.3 Å². The van der Waals surface area contributed by atoms with E-state index in [0.29, 0.717) is 5.89 Å². The van der Waals surface area contributed by atoms with E-state index in [4.69, 9.17) is 10.3 Å². The van der Waals surface area contributed by atoms with E-state index < -0.39 is 0 Å². The number of thiazole rings is 1. The molecule has 2 aromatic heterocycles. The molecule has 0 saturated heterocycles. The fourth-order valence-corrected chi connectivity index (χ4v) is 1.20. The molecular formula is C5H4N4OS. The molecule has 0 spiro atoms. The maximum absolute atomic E-state index is 5.25. The first-order valence-corrected chi connectivity index (χ1v) is 3.72. The van der Waals surface area contributed by atoms with E-state index in [1.165, 1.54) is 11.3 Å². The maximum atomic E-state index is 5.25. The van der Waals surface area contributed by atoms with Crippen LogP contribution in [0.25, 0.3) is 10.8 Å². The quantitative estimate of drug-likeness (QED) is 0.680. The number of hydrogen-bond acceptors (Lipinski definition) is 6. The van der Waals surface area contributed by atoms with Crippen LogP contribution in [0.2, 0.25) is 0 Å². The summed E-state index contributed by atoms with van der Waals surface area (Å²) in [6.07, 6.45) is 1.65. The van der Waals surface area contributed by atoms with Crippen LogP contribution in [-0.2, 0) is 0 Å². The Kier molecular flexibility index (Phi) is 1.32. The summed E-state index contributed by atoms with van der Waals surface area (Å²) in [5.74, 6) is 0.568. The second-order valence-electron chi connectivity index (χ2n) is 1.82. The normalized spacial score (nSPS) is 10.2. The van der Waals surface area contributed by atoms with Gasteiger partial charge >= 0.3 is 0 Å². The molecule has 0 saturated carbocycles. The van der Waals surface area contributed by atoms with Crippen molar-refractivity contribution in [2.75, 3.05) is 5.73 Å². The smallest absolute Gasteiger partial charge is 0.271 e. The van der Waals surface area contributed by atoms with Gasteiger partial charge in [-0.2, -0.15) is 4.98 Å². The Bertz CT molecular complexity index is 341. The van der Waals surface area contributed by atoms with E-state index in [1.807, 2.05) is 0 Å². The minimum absolute atomic E-state index is 0.147. The average Bonchev–Trinajstić information content (AvgIpc) is 2.55. The fraction of sp³-hybridized carbons (Fsp3) is 0. The molecule has 0 fully saturated rings.